The van der Waals surface area contributed by atoms with Crippen molar-refractivity contribution in [2.45, 2.75) is 19.9 Å². The zero-order valence-corrected chi connectivity index (χ0v) is 15.0. The number of hydrogen-bond donors (Lipinski definition) is 2. The summed E-state index contributed by atoms with van der Waals surface area (Å²) in [7, 11) is 1.64. The third-order valence-corrected chi connectivity index (χ3v) is 4.21. The van der Waals surface area contributed by atoms with Crippen LogP contribution in [-0.2, 0) is 0 Å². The molecule has 7 heteroatoms. The van der Waals surface area contributed by atoms with E-state index in [1.807, 2.05) is 32.0 Å². The second-order valence-electron chi connectivity index (χ2n) is 5.69. The predicted molar refractivity (Wildman–Crippen MR) is 100.0 cm³/mol. The number of benzene rings is 2. The topological polar surface area (TPSA) is 72.5 Å². The van der Waals surface area contributed by atoms with Crippen molar-refractivity contribution in [3.8, 4) is 16.7 Å². The zero-order chi connectivity index (χ0) is 17.8. The maximum atomic E-state index is 11.7. The van der Waals surface area contributed by atoms with E-state index in [2.05, 4.69) is 15.6 Å². The third-order valence-electron chi connectivity index (χ3n) is 3.31. The normalized spacial score (nSPS) is 10.7. The molecule has 3 aromatic rings. The largest absolute Gasteiger partial charge is 0.497 e. The summed E-state index contributed by atoms with van der Waals surface area (Å²) in [6.07, 6.45) is 0. The Labute approximate surface area is 149 Å². The zero-order valence-electron chi connectivity index (χ0n) is 14.2. The van der Waals surface area contributed by atoms with E-state index in [4.69, 9.17) is 9.47 Å². The van der Waals surface area contributed by atoms with Crippen molar-refractivity contribution in [3.63, 3.8) is 0 Å². The summed E-state index contributed by atoms with van der Waals surface area (Å²) in [5, 5.41) is 6.09. The Hall–Kier alpha value is -2.80. The van der Waals surface area contributed by atoms with E-state index < -0.39 is 0 Å². The molecule has 0 radical (unpaired) electrons. The van der Waals surface area contributed by atoms with Crippen LogP contribution in [0.5, 0.6) is 16.7 Å². The van der Waals surface area contributed by atoms with Crippen LogP contribution in [0.4, 0.5) is 10.5 Å². The molecule has 0 unspecified atom stereocenters. The van der Waals surface area contributed by atoms with E-state index in [0.29, 0.717) is 16.6 Å². The van der Waals surface area contributed by atoms with Gasteiger partial charge in [-0.1, -0.05) is 11.3 Å². The molecule has 2 N–H and O–H groups in total. The second-order valence-corrected chi connectivity index (χ2v) is 6.69. The molecule has 1 aromatic heterocycles. The first-order chi connectivity index (χ1) is 12.0. The number of nitrogens with one attached hydrogen (secondary N) is 2. The van der Waals surface area contributed by atoms with Crippen molar-refractivity contribution in [2.24, 2.45) is 0 Å². The van der Waals surface area contributed by atoms with E-state index in [0.717, 1.165) is 16.0 Å². The Bertz CT molecular complexity index is 875. The van der Waals surface area contributed by atoms with E-state index in [-0.39, 0.29) is 12.1 Å². The maximum absolute atomic E-state index is 11.7. The first-order valence-electron chi connectivity index (χ1n) is 7.83. The summed E-state index contributed by atoms with van der Waals surface area (Å²) < 4.78 is 12.0. The molecule has 6 nitrogen and oxygen atoms in total. The van der Waals surface area contributed by atoms with Crippen molar-refractivity contribution in [1.82, 2.24) is 10.3 Å². The van der Waals surface area contributed by atoms with Gasteiger partial charge in [0.15, 0.2) is 0 Å². The number of methoxy groups -OCH3 is 1. The van der Waals surface area contributed by atoms with Crippen LogP contribution >= 0.6 is 11.3 Å². The number of amides is 2. The fraction of sp³-hybridized carbons (Fsp3) is 0.222. The van der Waals surface area contributed by atoms with Crippen LogP contribution in [0.2, 0.25) is 0 Å². The van der Waals surface area contributed by atoms with Gasteiger partial charge in [0.25, 0.3) is 5.19 Å². The van der Waals surface area contributed by atoms with Gasteiger partial charge < -0.3 is 20.1 Å². The van der Waals surface area contributed by atoms with Gasteiger partial charge in [-0.25, -0.2) is 9.78 Å². The van der Waals surface area contributed by atoms with Crippen molar-refractivity contribution in [3.05, 3.63) is 42.5 Å². The SMILES string of the molecule is COc1ccc2nc(Oc3ccc(NC(=O)NC(C)C)cc3)sc2c1. The summed E-state index contributed by atoms with van der Waals surface area (Å²) in [5.74, 6) is 1.44. The number of thiazole rings is 1. The van der Waals surface area contributed by atoms with E-state index in [1.54, 1.807) is 31.4 Å². The average molecular weight is 357 g/mol. The summed E-state index contributed by atoms with van der Waals surface area (Å²) in [5.41, 5.74) is 1.56. The lowest BCUT2D eigenvalue weighted by molar-refractivity contribution is 0.250. The highest BCUT2D eigenvalue weighted by atomic mass is 32.1. The lowest BCUT2D eigenvalue weighted by atomic mass is 10.3. The number of urea groups is 1. The van der Waals surface area contributed by atoms with Gasteiger partial charge in [-0.3, -0.25) is 0 Å². The van der Waals surface area contributed by atoms with Gasteiger partial charge in [0.2, 0.25) is 0 Å². The number of nitrogens with zero attached hydrogens (tertiary/aromatic N) is 1. The predicted octanol–water partition coefficient (Wildman–Crippen LogP) is 4.63. The number of anilines is 1. The fourth-order valence-electron chi connectivity index (χ4n) is 2.19. The monoisotopic (exact) mass is 357 g/mol. The van der Waals surface area contributed by atoms with Gasteiger partial charge in [0.05, 0.1) is 17.3 Å². The number of aromatic nitrogens is 1. The number of carbonyl (C=O) groups excluding carboxylic acids is 1. The Morgan fingerprint density at radius 2 is 1.84 bits per heavy atom. The Morgan fingerprint density at radius 1 is 1.12 bits per heavy atom. The molecule has 0 spiro atoms. The van der Waals surface area contributed by atoms with E-state index >= 15 is 0 Å². The molecule has 2 aromatic carbocycles. The molecular weight excluding hydrogens is 338 g/mol. The van der Waals surface area contributed by atoms with Crippen LogP contribution in [0.3, 0.4) is 0 Å². The summed E-state index contributed by atoms with van der Waals surface area (Å²) >= 11 is 1.45. The fourth-order valence-corrected chi connectivity index (χ4v) is 3.05. The van der Waals surface area contributed by atoms with Crippen molar-refractivity contribution in [2.75, 3.05) is 12.4 Å². The average Bonchev–Trinajstić information content (AvgIpc) is 2.97. The minimum absolute atomic E-state index is 0.0836. The van der Waals surface area contributed by atoms with Gasteiger partial charge in [-0.2, -0.15) is 0 Å². The molecule has 0 aliphatic heterocycles. The highest BCUT2D eigenvalue weighted by Gasteiger charge is 2.08. The highest BCUT2D eigenvalue weighted by molar-refractivity contribution is 7.20. The van der Waals surface area contributed by atoms with Crippen LogP contribution < -0.4 is 20.1 Å². The number of carbonyl (C=O) groups is 1. The van der Waals surface area contributed by atoms with Crippen molar-refractivity contribution >= 4 is 33.3 Å². The quantitative estimate of drug-likeness (QED) is 0.698. The van der Waals surface area contributed by atoms with Crippen LogP contribution in [0.15, 0.2) is 42.5 Å². The minimum Gasteiger partial charge on any atom is -0.497 e. The van der Waals surface area contributed by atoms with Gasteiger partial charge in [0.1, 0.15) is 11.5 Å². The van der Waals surface area contributed by atoms with Crippen LogP contribution in [0.1, 0.15) is 13.8 Å². The summed E-state index contributed by atoms with van der Waals surface area (Å²) in [6.45, 7) is 3.81. The van der Waals surface area contributed by atoms with Crippen LogP contribution in [0.25, 0.3) is 10.2 Å². The number of fused-ring (bicyclic) bond motifs is 1. The van der Waals surface area contributed by atoms with Gasteiger partial charge in [0, 0.05) is 11.7 Å². The van der Waals surface area contributed by atoms with Crippen molar-refractivity contribution < 1.29 is 14.3 Å². The van der Waals surface area contributed by atoms with Crippen molar-refractivity contribution in [1.29, 1.82) is 0 Å². The molecule has 0 aliphatic rings. The smallest absolute Gasteiger partial charge is 0.319 e. The molecule has 130 valence electrons. The van der Waals surface area contributed by atoms with Crippen LogP contribution in [0, 0.1) is 0 Å². The molecule has 25 heavy (non-hydrogen) atoms. The molecule has 0 saturated heterocycles. The Morgan fingerprint density at radius 3 is 2.52 bits per heavy atom. The Kier molecular flexibility index (Phi) is 5.04. The van der Waals surface area contributed by atoms with E-state index in [9.17, 15) is 4.79 Å². The van der Waals surface area contributed by atoms with Gasteiger partial charge in [-0.05, 0) is 56.3 Å². The standard InChI is InChI=1S/C18H19N3O3S/c1-11(2)19-17(22)20-12-4-6-13(7-5-12)24-18-21-15-9-8-14(23-3)10-16(15)25-18/h4-11H,1-3H3,(H2,19,20,22). The first-order valence-corrected chi connectivity index (χ1v) is 8.65. The van der Waals surface area contributed by atoms with Gasteiger partial charge >= 0.3 is 6.03 Å². The molecule has 0 aliphatic carbocycles. The van der Waals surface area contributed by atoms with Gasteiger partial charge in [-0.15, -0.1) is 0 Å². The lowest BCUT2D eigenvalue weighted by Crippen LogP contribution is -2.34. The molecule has 0 saturated carbocycles. The third kappa shape index (κ3) is 4.39. The molecule has 0 bridgehead atoms. The maximum Gasteiger partial charge on any atom is 0.319 e. The molecule has 1 heterocycles. The Balaban J connectivity index is 1.68. The second kappa shape index (κ2) is 7.40. The number of hydrogen-bond acceptors (Lipinski definition) is 5. The minimum atomic E-state index is -0.233. The molecule has 0 fully saturated rings. The molecule has 0 atom stereocenters. The molecular formula is C18H19N3O3S. The number of rotatable bonds is 5. The first kappa shape index (κ1) is 17.0. The summed E-state index contributed by atoms with van der Waals surface area (Å²) in [6, 6.07) is 12.7. The lowest BCUT2D eigenvalue weighted by Gasteiger charge is -2.10. The highest BCUT2D eigenvalue weighted by Crippen LogP contribution is 2.33. The van der Waals surface area contributed by atoms with E-state index in [1.165, 1.54) is 11.3 Å². The molecule has 3 rings (SSSR count). The molecule has 2 amide bonds. The number of ether oxygens (including phenoxy) is 2. The van der Waals surface area contributed by atoms with Crippen LogP contribution in [-0.4, -0.2) is 24.2 Å². The summed E-state index contributed by atoms with van der Waals surface area (Å²) in [4.78, 5) is 16.1.